The van der Waals surface area contributed by atoms with Crippen molar-refractivity contribution in [2.75, 3.05) is 6.61 Å². The molecule has 4 nitrogen and oxygen atoms in total. The Morgan fingerprint density at radius 2 is 1.24 bits per heavy atom. The van der Waals surface area contributed by atoms with Crippen LogP contribution in [-0.4, -0.2) is 23.5 Å². The number of rotatable bonds is 9. The maximum atomic E-state index is 12.7. The quantitative estimate of drug-likeness (QED) is 0.426. The number of carbonyl (C=O) groups excluding carboxylic acids is 2. The van der Waals surface area contributed by atoms with Crippen molar-refractivity contribution >= 4 is 11.8 Å². The van der Waals surface area contributed by atoms with Gasteiger partial charge in [-0.2, -0.15) is 0 Å². The van der Waals surface area contributed by atoms with E-state index in [1.165, 1.54) is 0 Å². The average molecular weight is 388 g/mol. The Kier molecular flexibility index (Phi) is 7.31. The van der Waals surface area contributed by atoms with E-state index < -0.39 is 12.1 Å². The molecule has 0 aromatic heterocycles. The number of esters is 1. The predicted molar refractivity (Wildman–Crippen MR) is 112 cm³/mol. The number of hydrogen-bond acceptors (Lipinski definition) is 4. The maximum Gasteiger partial charge on any atom is 0.307 e. The topological polar surface area (TPSA) is 63.6 Å². The fraction of sp³-hybridized carbons (Fsp3) is 0.200. The van der Waals surface area contributed by atoms with Gasteiger partial charge in [0.25, 0.3) is 0 Å². The summed E-state index contributed by atoms with van der Waals surface area (Å²) in [4.78, 5) is 25.4. The second kappa shape index (κ2) is 10.3. The van der Waals surface area contributed by atoms with Crippen LogP contribution in [0.3, 0.4) is 0 Å². The minimum absolute atomic E-state index is 0.0194. The van der Waals surface area contributed by atoms with Crippen LogP contribution in [0.4, 0.5) is 0 Å². The SMILES string of the molecule is O=C(C[C@@H](CC(=O)c1ccccc1)c1ccccc1)O[C@@H](CO)c1ccccc1. The Labute approximate surface area is 170 Å². The van der Waals surface area contributed by atoms with E-state index in [9.17, 15) is 14.7 Å². The molecule has 29 heavy (non-hydrogen) atoms. The molecule has 0 heterocycles. The number of benzene rings is 3. The standard InChI is InChI=1S/C25H24O4/c26-18-24(21-14-8-3-9-15-21)29-25(28)17-22(19-10-4-1-5-11-19)16-23(27)20-12-6-2-7-13-20/h1-15,22,24,26H,16-18H2/t22-,24+/m1/s1. The lowest BCUT2D eigenvalue weighted by molar-refractivity contribution is -0.152. The van der Waals surface area contributed by atoms with E-state index in [0.717, 1.165) is 11.1 Å². The molecule has 0 radical (unpaired) electrons. The fourth-order valence-electron chi connectivity index (χ4n) is 3.29. The number of ketones is 1. The van der Waals surface area contributed by atoms with E-state index in [0.29, 0.717) is 5.56 Å². The summed E-state index contributed by atoms with van der Waals surface area (Å²) in [6.07, 6.45) is -0.450. The van der Waals surface area contributed by atoms with Crippen molar-refractivity contribution in [1.82, 2.24) is 0 Å². The highest BCUT2D eigenvalue weighted by atomic mass is 16.6. The van der Waals surface area contributed by atoms with Crippen LogP contribution in [0.2, 0.25) is 0 Å². The van der Waals surface area contributed by atoms with Gasteiger partial charge in [0.2, 0.25) is 0 Å². The smallest absolute Gasteiger partial charge is 0.307 e. The van der Waals surface area contributed by atoms with Crippen molar-refractivity contribution in [3.63, 3.8) is 0 Å². The van der Waals surface area contributed by atoms with Crippen LogP contribution in [0, 0.1) is 0 Å². The van der Waals surface area contributed by atoms with Crippen molar-refractivity contribution in [1.29, 1.82) is 0 Å². The summed E-state index contributed by atoms with van der Waals surface area (Å²) in [5.41, 5.74) is 2.27. The van der Waals surface area contributed by atoms with E-state index in [2.05, 4.69) is 0 Å². The summed E-state index contributed by atoms with van der Waals surface area (Å²) in [5, 5.41) is 9.64. The molecule has 0 bridgehead atoms. The lowest BCUT2D eigenvalue weighted by Gasteiger charge is -2.20. The van der Waals surface area contributed by atoms with Gasteiger partial charge in [-0.1, -0.05) is 91.0 Å². The van der Waals surface area contributed by atoms with Crippen molar-refractivity contribution in [2.24, 2.45) is 0 Å². The molecular formula is C25H24O4. The molecule has 3 aromatic carbocycles. The van der Waals surface area contributed by atoms with Crippen molar-refractivity contribution in [3.8, 4) is 0 Å². The van der Waals surface area contributed by atoms with Gasteiger partial charge in [0, 0.05) is 17.9 Å². The number of Topliss-reactive ketones (excluding diaryl/α,β-unsaturated/α-hetero) is 1. The molecule has 0 saturated heterocycles. The molecular weight excluding hydrogens is 364 g/mol. The lowest BCUT2D eigenvalue weighted by Crippen LogP contribution is -2.18. The van der Waals surface area contributed by atoms with Crippen LogP contribution in [0.25, 0.3) is 0 Å². The number of aliphatic hydroxyl groups excluding tert-OH is 1. The van der Waals surface area contributed by atoms with Gasteiger partial charge in [0.1, 0.15) is 6.10 Å². The number of hydrogen-bond donors (Lipinski definition) is 1. The second-order valence-corrected chi connectivity index (χ2v) is 6.88. The second-order valence-electron chi connectivity index (χ2n) is 6.88. The molecule has 3 rings (SSSR count). The van der Waals surface area contributed by atoms with E-state index in [1.807, 2.05) is 78.9 Å². The third-order valence-corrected chi connectivity index (χ3v) is 4.82. The number of aliphatic hydroxyl groups is 1. The molecule has 0 aliphatic heterocycles. The number of ether oxygens (including phenoxy) is 1. The molecule has 3 aromatic rings. The van der Waals surface area contributed by atoms with E-state index in [1.54, 1.807) is 12.1 Å². The van der Waals surface area contributed by atoms with Crippen molar-refractivity contribution in [2.45, 2.75) is 24.9 Å². The van der Waals surface area contributed by atoms with Crippen LogP contribution in [0.5, 0.6) is 0 Å². The average Bonchev–Trinajstić information content (AvgIpc) is 2.78. The molecule has 0 saturated carbocycles. The first-order valence-electron chi connectivity index (χ1n) is 9.66. The molecule has 148 valence electrons. The van der Waals surface area contributed by atoms with Crippen molar-refractivity contribution in [3.05, 3.63) is 108 Å². The minimum Gasteiger partial charge on any atom is -0.455 e. The summed E-state index contributed by atoms with van der Waals surface area (Å²) in [5.74, 6) is -0.761. The third kappa shape index (κ3) is 5.87. The Morgan fingerprint density at radius 1 is 0.724 bits per heavy atom. The van der Waals surface area contributed by atoms with Gasteiger partial charge in [0.05, 0.1) is 13.0 Å². The molecule has 0 aliphatic rings. The zero-order chi connectivity index (χ0) is 20.5. The Hall–Kier alpha value is -3.24. The molecule has 0 amide bonds. The van der Waals surface area contributed by atoms with Crippen LogP contribution in [-0.2, 0) is 9.53 Å². The normalized spacial score (nSPS) is 12.7. The highest BCUT2D eigenvalue weighted by Gasteiger charge is 2.23. The van der Waals surface area contributed by atoms with E-state index in [-0.39, 0.29) is 31.1 Å². The molecule has 1 N–H and O–H groups in total. The highest BCUT2D eigenvalue weighted by molar-refractivity contribution is 5.96. The summed E-state index contributed by atoms with van der Waals surface area (Å²) < 4.78 is 5.52. The highest BCUT2D eigenvalue weighted by Crippen LogP contribution is 2.27. The minimum atomic E-state index is -0.718. The van der Waals surface area contributed by atoms with Gasteiger partial charge < -0.3 is 9.84 Å². The molecule has 0 aliphatic carbocycles. The zero-order valence-corrected chi connectivity index (χ0v) is 16.1. The van der Waals surface area contributed by atoms with Gasteiger partial charge >= 0.3 is 5.97 Å². The van der Waals surface area contributed by atoms with Crippen LogP contribution in [0.1, 0.15) is 46.3 Å². The zero-order valence-electron chi connectivity index (χ0n) is 16.1. The Morgan fingerprint density at radius 3 is 1.79 bits per heavy atom. The van der Waals surface area contributed by atoms with Gasteiger partial charge in [-0.3, -0.25) is 9.59 Å². The fourth-order valence-corrected chi connectivity index (χ4v) is 3.29. The van der Waals surface area contributed by atoms with Crippen LogP contribution >= 0.6 is 0 Å². The van der Waals surface area contributed by atoms with Crippen LogP contribution < -0.4 is 0 Å². The third-order valence-electron chi connectivity index (χ3n) is 4.82. The van der Waals surface area contributed by atoms with Crippen LogP contribution in [0.15, 0.2) is 91.0 Å². The first-order chi connectivity index (χ1) is 14.2. The van der Waals surface area contributed by atoms with Gasteiger partial charge in [-0.05, 0) is 11.1 Å². The molecule has 0 unspecified atom stereocenters. The molecule has 2 atom stereocenters. The first-order valence-corrected chi connectivity index (χ1v) is 9.66. The van der Waals surface area contributed by atoms with Gasteiger partial charge in [0.15, 0.2) is 5.78 Å². The molecule has 0 spiro atoms. The maximum absolute atomic E-state index is 12.7. The number of carbonyl (C=O) groups is 2. The summed E-state index contributed by atoms with van der Waals surface area (Å²) in [7, 11) is 0. The monoisotopic (exact) mass is 388 g/mol. The van der Waals surface area contributed by atoms with Gasteiger partial charge in [-0.15, -0.1) is 0 Å². The van der Waals surface area contributed by atoms with Gasteiger partial charge in [-0.25, -0.2) is 0 Å². The Balaban J connectivity index is 1.72. The van der Waals surface area contributed by atoms with E-state index >= 15 is 0 Å². The summed E-state index contributed by atoms with van der Waals surface area (Å²) in [6, 6.07) is 27.7. The predicted octanol–water partition coefficient (Wildman–Crippen LogP) is 4.71. The summed E-state index contributed by atoms with van der Waals surface area (Å²) >= 11 is 0. The largest absolute Gasteiger partial charge is 0.455 e. The lowest BCUT2D eigenvalue weighted by atomic mass is 9.89. The summed E-state index contributed by atoms with van der Waals surface area (Å²) in [6.45, 7) is -0.297. The van der Waals surface area contributed by atoms with E-state index in [4.69, 9.17) is 4.74 Å². The molecule has 0 fully saturated rings. The first kappa shape index (κ1) is 20.5. The van der Waals surface area contributed by atoms with Crippen molar-refractivity contribution < 1.29 is 19.4 Å². The Bertz CT molecular complexity index is 907. The molecule has 4 heteroatoms.